The Bertz CT molecular complexity index is 430. The zero-order valence-corrected chi connectivity index (χ0v) is 16.2. The summed E-state index contributed by atoms with van der Waals surface area (Å²) in [4.78, 5) is 27.3. The van der Waals surface area contributed by atoms with Crippen LogP contribution in [0.4, 0.5) is 0 Å². The van der Waals surface area contributed by atoms with Crippen LogP contribution in [0.5, 0.6) is 0 Å². The van der Waals surface area contributed by atoms with Gasteiger partial charge in [-0.2, -0.15) is 0 Å². The largest absolute Gasteiger partial charge is 0.356 e. The number of hydrogen-bond acceptors (Lipinski definition) is 3. The minimum absolute atomic E-state index is 0.148. The third-order valence-corrected chi connectivity index (χ3v) is 5.44. The molecule has 0 aromatic heterocycles. The highest BCUT2D eigenvalue weighted by Crippen LogP contribution is 2.25. The lowest BCUT2D eigenvalue weighted by Gasteiger charge is -2.41. The highest BCUT2D eigenvalue weighted by atomic mass is 35.5. The quantitative estimate of drug-likeness (QED) is 0.747. The lowest BCUT2D eigenvalue weighted by atomic mass is 9.92. The van der Waals surface area contributed by atoms with Crippen LogP contribution in [0.1, 0.15) is 39.5 Å². The summed E-state index contributed by atoms with van der Waals surface area (Å²) in [7, 11) is 0. The molecule has 2 aliphatic rings. The first kappa shape index (κ1) is 19.8. The molecule has 0 radical (unpaired) electrons. The Hall–Kier alpha value is -0.520. The molecular weight excluding hydrogens is 349 g/mol. The number of piperidine rings is 2. The fraction of sp³-hybridized carbons (Fsp3) is 0.882. The van der Waals surface area contributed by atoms with Gasteiger partial charge < -0.3 is 15.1 Å². The number of amides is 2. The van der Waals surface area contributed by atoms with Gasteiger partial charge in [0.25, 0.3) is 5.91 Å². The van der Waals surface area contributed by atoms with E-state index in [0.29, 0.717) is 25.0 Å². The summed E-state index contributed by atoms with van der Waals surface area (Å²) in [6.45, 7) is 8.33. The summed E-state index contributed by atoms with van der Waals surface area (Å²) in [6.07, 6.45) is 3.76. The average molecular weight is 378 g/mol. The topological polar surface area (TPSA) is 52.7 Å². The van der Waals surface area contributed by atoms with Crippen molar-refractivity contribution in [1.82, 2.24) is 15.1 Å². The second-order valence-electron chi connectivity index (χ2n) is 7.31. The molecule has 0 atom stereocenters. The minimum Gasteiger partial charge on any atom is -0.356 e. The van der Waals surface area contributed by atoms with Crippen LogP contribution in [0, 0.1) is 11.8 Å². The molecule has 2 aliphatic heterocycles. The number of nitrogens with zero attached hydrogens (tertiary/aromatic N) is 2. The van der Waals surface area contributed by atoms with E-state index >= 15 is 0 Å². The van der Waals surface area contributed by atoms with Gasteiger partial charge in [-0.1, -0.05) is 37.0 Å². The van der Waals surface area contributed by atoms with Gasteiger partial charge in [0.15, 0.2) is 4.84 Å². The summed E-state index contributed by atoms with van der Waals surface area (Å²) in [6, 6.07) is 0.498. The van der Waals surface area contributed by atoms with Crippen LogP contribution in [-0.4, -0.2) is 65.2 Å². The van der Waals surface area contributed by atoms with Crippen molar-refractivity contribution in [3.05, 3.63) is 0 Å². The number of hydrogen-bond donors (Lipinski definition) is 1. The highest BCUT2D eigenvalue weighted by molar-refractivity contribution is 6.53. The van der Waals surface area contributed by atoms with Crippen LogP contribution in [-0.2, 0) is 9.59 Å². The van der Waals surface area contributed by atoms with Crippen LogP contribution in [0.25, 0.3) is 0 Å². The smallest absolute Gasteiger partial charge is 0.255 e. The van der Waals surface area contributed by atoms with E-state index in [4.69, 9.17) is 23.2 Å². The number of likely N-dealkylation sites (tertiary alicyclic amines) is 2. The maximum atomic E-state index is 12.2. The first-order valence-corrected chi connectivity index (χ1v) is 9.84. The molecule has 0 aromatic rings. The molecule has 24 heavy (non-hydrogen) atoms. The van der Waals surface area contributed by atoms with E-state index in [2.05, 4.69) is 24.1 Å². The molecule has 0 spiro atoms. The van der Waals surface area contributed by atoms with Crippen molar-refractivity contribution in [2.45, 2.75) is 50.4 Å². The van der Waals surface area contributed by atoms with E-state index in [-0.39, 0.29) is 17.7 Å². The number of alkyl halides is 2. The predicted molar refractivity (Wildman–Crippen MR) is 97.2 cm³/mol. The minimum atomic E-state index is -0.957. The van der Waals surface area contributed by atoms with Gasteiger partial charge in [-0.3, -0.25) is 9.59 Å². The number of halogens is 2. The van der Waals surface area contributed by atoms with E-state index in [1.807, 2.05) is 0 Å². The van der Waals surface area contributed by atoms with E-state index < -0.39 is 4.84 Å². The van der Waals surface area contributed by atoms with Gasteiger partial charge in [-0.05, 0) is 44.7 Å². The van der Waals surface area contributed by atoms with Crippen LogP contribution in [0.3, 0.4) is 0 Å². The van der Waals surface area contributed by atoms with E-state index in [1.54, 1.807) is 4.90 Å². The third-order valence-electron chi connectivity index (χ3n) is 5.06. The Kier molecular flexibility index (Phi) is 7.63. The molecule has 0 aromatic carbocycles. The van der Waals surface area contributed by atoms with E-state index in [9.17, 15) is 9.59 Å². The monoisotopic (exact) mass is 377 g/mol. The number of nitrogens with one attached hydrogen (secondary N) is 1. The molecule has 2 fully saturated rings. The van der Waals surface area contributed by atoms with Crippen molar-refractivity contribution in [1.29, 1.82) is 0 Å². The Morgan fingerprint density at radius 2 is 1.62 bits per heavy atom. The lowest BCUT2D eigenvalue weighted by molar-refractivity contribution is -0.131. The zero-order chi connectivity index (χ0) is 17.7. The normalized spacial score (nSPS) is 21.5. The molecule has 7 heteroatoms. The van der Waals surface area contributed by atoms with Crippen LogP contribution < -0.4 is 5.32 Å². The number of carbonyl (C=O) groups is 2. The van der Waals surface area contributed by atoms with Crippen molar-refractivity contribution < 1.29 is 9.59 Å². The van der Waals surface area contributed by atoms with Gasteiger partial charge in [0.1, 0.15) is 0 Å². The van der Waals surface area contributed by atoms with Crippen molar-refractivity contribution in [3.63, 3.8) is 0 Å². The highest BCUT2D eigenvalue weighted by Gasteiger charge is 2.32. The average Bonchev–Trinajstić information content (AvgIpc) is 2.59. The number of carbonyl (C=O) groups excluding carboxylic acids is 2. The maximum absolute atomic E-state index is 12.2. The van der Waals surface area contributed by atoms with Crippen LogP contribution in [0.2, 0.25) is 0 Å². The standard InChI is InChI=1S/C17H29Cl2N3O2/c1-12(2)11-20-16(23)13-3-7-21(8-4-13)14-5-9-22(10-6-14)17(24)15(18)19/h12-15H,3-11H2,1-2H3,(H,20,23). The summed E-state index contributed by atoms with van der Waals surface area (Å²) in [5, 5.41) is 3.05. The Labute approximate surface area is 155 Å². The molecule has 2 amide bonds. The van der Waals surface area contributed by atoms with E-state index in [1.165, 1.54) is 0 Å². The molecule has 0 aliphatic carbocycles. The van der Waals surface area contributed by atoms with Gasteiger partial charge in [0, 0.05) is 31.6 Å². The molecule has 5 nitrogen and oxygen atoms in total. The zero-order valence-electron chi connectivity index (χ0n) is 14.6. The van der Waals surface area contributed by atoms with Crippen molar-refractivity contribution in [2.75, 3.05) is 32.7 Å². The summed E-state index contributed by atoms with van der Waals surface area (Å²) < 4.78 is 0. The second-order valence-corrected chi connectivity index (χ2v) is 8.40. The Morgan fingerprint density at radius 3 is 2.12 bits per heavy atom. The van der Waals surface area contributed by atoms with Gasteiger partial charge in [0.2, 0.25) is 5.91 Å². The molecule has 2 heterocycles. The molecule has 2 saturated heterocycles. The second kappa shape index (κ2) is 9.25. The molecule has 1 N–H and O–H groups in total. The molecule has 0 unspecified atom stereocenters. The first-order valence-electron chi connectivity index (χ1n) is 8.97. The van der Waals surface area contributed by atoms with Crippen molar-refractivity contribution in [2.24, 2.45) is 11.8 Å². The lowest BCUT2D eigenvalue weighted by Crippen LogP contribution is -2.51. The van der Waals surface area contributed by atoms with Crippen LogP contribution >= 0.6 is 23.2 Å². The first-order chi connectivity index (χ1) is 11.4. The maximum Gasteiger partial charge on any atom is 0.255 e. The number of rotatable bonds is 5. The molecule has 0 bridgehead atoms. The fourth-order valence-electron chi connectivity index (χ4n) is 3.57. The summed E-state index contributed by atoms with van der Waals surface area (Å²) >= 11 is 11.3. The van der Waals surface area contributed by atoms with Gasteiger partial charge in [-0.25, -0.2) is 0 Å². The Balaban J connectivity index is 1.72. The van der Waals surface area contributed by atoms with Gasteiger partial charge >= 0.3 is 0 Å². The fourth-order valence-corrected chi connectivity index (χ4v) is 3.84. The molecular formula is C17H29Cl2N3O2. The molecule has 138 valence electrons. The van der Waals surface area contributed by atoms with Crippen LogP contribution in [0.15, 0.2) is 0 Å². The molecule has 2 rings (SSSR count). The summed E-state index contributed by atoms with van der Waals surface area (Å²) in [5.41, 5.74) is 0. The van der Waals surface area contributed by atoms with Gasteiger partial charge in [-0.15, -0.1) is 0 Å². The molecule has 0 saturated carbocycles. The Morgan fingerprint density at radius 1 is 1.04 bits per heavy atom. The van der Waals surface area contributed by atoms with Crippen molar-refractivity contribution >= 4 is 35.0 Å². The summed E-state index contributed by atoms with van der Waals surface area (Å²) in [5.74, 6) is 0.661. The predicted octanol–water partition coefficient (Wildman–Crippen LogP) is 2.27. The van der Waals surface area contributed by atoms with Gasteiger partial charge in [0.05, 0.1) is 0 Å². The third kappa shape index (κ3) is 5.50. The van der Waals surface area contributed by atoms with E-state index in [0.717, 1.165) is 45.3 Å². The SMILES string of the molecule is CC(C)CNC(=O)C1CCN(C2CCN(C(=O)C(Cl)Cl)CC2)CC1. The van der Waals surface area contributed by atoms with Crippen molar-refractivity contribution in [3.8, 4) is 0 Å².